The first-order valence-electron chi connectivity index (χ1n) is 11.5. The van der Waals surface area contributed by atoms with Gasteiger partial charge in [-0.15, -0.1) is 0 Å². The first kappa shape index (κ1) is 22.9. The Kier molecular flexibility index (Phi) is 7.29. The fourth-order valence-electron chi connectivity index (χ4n) is 4.20. The van der Waals surface area contributed by atoms with E-state index in [9.17, 15) is 4.79 Å². The van der Waals surface area contributed by atoms with Crippen molar-refractivity contribution in [2.75, 3.05) is 32.1 Å². The van der Waals surface area contributed by atoms with E-state index in [0.29, 0.717) is 31.3 Å². The SMILES string of the molecule is CCOCc1ccc(C(=O)N2CCCCC2c2nc(N(C)C)ncc2-c2ccncc2)cc1. The minimum atomic E-state index is -0.112. The van der Waals surface area contributed by atoms with Crippen LogP contribution < -0.4 is 4.90 Å². The Bertz CT molecular complexity index is 1070. The number of piperidine rings is 1. The highest BCUT2D eigenvalue weighted by Crippen LogP contribution is 2.37. The molecule has 0 radical (unpaired) electrons. The zero-order valence-corrected chi connectivity index (χ0v) is 19.6. The molecule has 1 aromatic carbocycles. The van der Waals surface area contributed by atoms with Gasteiger partial charge in [0, 0.05) is 57.0 Å². The highest BCUT2D eigenvalue weighted by molar-refractivity contribution is 5.94. The van der Waals surface area contributed by atoms with Crippen LogP contribution in [0.25, 0.3) is 11.1 Å². The highest BCUT2D eigenvalue weighted by Gasteiger charge is 2.32. The fourth-order valence-corrected chi connectivity index (χ4v) is 4.20. The van der Waals surface area contributed by atoms with Crippen molar-refractivity contribution in [1.82, 2.24) is 19.9 Å². The average molecular weight is 446 g/mol. The molecular formula is C26H31N5O2. The molecule has 1 aliphatic heterocycles. The van der Waals surface area contributed by atoms with Crippen molar-refractivity contribution in [3.63, 3.8) is 0 Å². The van der Waals surface area contributed by atoms with Gasteiger partial charge in [-0.25, -0.2) is 9.97 Å². The number of ether oxygens (including phenoxy) is 1. The number of carbonyl (C=O) groups is 1. The molecular weight excluding hydrogens is 414 g/mol. The third kappa shape index (κ3) is 5.20. The van der Waals surface area contributed by atoms with Gasteiger partial charge in [-0.2, -0.15) is 0 Å². The molecule has 172 valence electrons. The van der Waals surface area contributed by atoms with Gasteiger partial charge in [0.1, 0.15) is 0 Å². The van der Waals surface area contributed by atoms with E-state index < -0.39 is 0 Å². The largest absolute Gasteiger partial charge is 0.377 e. The summed E-state index contributed by atoms with van der Waals surface area (Å²) in [5.41, 5.74) is 4.59. The van der Waals surface area contributed by atoms with E-state index in [4.69, 9.17) is 9.72 Å². The number of anilines is 1. The zero-order chi connectivity index (χ0) is 23.2. The summed E-state index contributed by atoms with van der Waals surface area (Å²) in [6.45, 7) is 3.91. The van der Waals surface area contributed by atoms with Crippen molar-refractivity contribution in [3.8, 4) is 11.1 Å². The number of carbonyl (C=O) groups excluding carboxylic acids is 1. The second-order valence-electron chi connectivity index (χ2n) is 8.44. The maximum atomic E-state index is 13.6. The van der Waals surface area contributed by atoms with E-state index in [-0.39, 0.29) is 11.9 Å². The Morgan fingerprint density at radius 2 is 1.88 bits per heavy atom. The van der Waals surface area contributed by atoms with Gasteiger partial charge in [-0.1, -0.05) is 12.1 Å². The van der Waals surface area contributed by atoms with Crippen molar-refractivity contribution in [1.29, 1.82) is 0 Å². The smallest absolute Gasteiger partial charge is 0.254 e. The van der Waals surface area contributed by atoms with Crippen LogP contribution in [0.1, 0.15) is 53.8 Å². The Labute approximate surface area is 195 Å². The number of rotatable bonds is 7. The standard InChI is InChI=1S/C26H31N5O2/c1-4-33-18-19-8-10-21(11-9-19)25(32)31-16-6-5-7-23(31)24-22(20-12-14-27-15-13-20)17-28-26(29-24)30(2)3/h8-15,17,23H,4-7,16,18H2,1-3H3. The quantitative estimate of drug-likeness (QED) is 0.533. The van der Waals surface area contributed by atoms with Crippen LogP contribution in [-0.4, -0.2) is 53.0 Å². The molecule has 1 amide bonds. The van der Waals surface area contributed by atoms with Gasteiger partial charge in [-0.05, 0) is 61.6 Å². The second-order valence-corrected chi connectivity index (χ2v) is 8.44. The van der Waals surface area contributed by atoms with Crippen LogP contribution >= 0.6 is 0 Å². The van der Waals surface area contributed by atoms with Crippen molar-refractivity contribution in [2.24, 2.45) is 0 Å². The van der Waals surface area contributed by atoms with E-state index in [1.165, 1.54) is 0 Å². The van der Waals surface area contributed by atoms with Crippen molar-refractivity contribution in [3.05, 3.63) is 71.8 Å². The summed E-state index contributed by atoms with van der Waals surface area (Å²) >= 11 is 0. The molecule has 2 aromatic heterocycles. The van der Waals surface area contributed by atoms with E-state index in [1.54, 1.807) is 12.4 Å². The summed E-state index contributed by atoms with van der Waals surface area (Å²) in [4.78, 5) is 31.1. The predicted octanol–water partition coefficient (Wildman–Crippen LogP) is 4.51. The van der Waals surface area contributed by atoms with Gasteiger partial charge in [0.15, 0.2) is 0 Å². The first-order valence-corrected chi connectivity index (χ1v) is 11.5. The number of benzene rings is 1. The molecule has 1 aliphatic rings. The summed E-state index contributed by atoms with van der Waals surface area (Å²) in [6, 6.07) is 11.6. The predicted molar refractivity (Wildman–Crippen MR) is 129 cm³/mol. The summed E-state index contributed by atoms with van der Waals surface area (Å²) in [6.07, 6.45) is 8.32. The molecule has 3 heterocycles. The van der Waals surface area contributed by atoms with Crippen molar-refractivity contribution < 1.29 is 9.53 Å². The van der Waals surface area contributed by atoms with Crippen LogP contribution in [-0.2, 0) is 11.3 Å². The molecule has 1 unspecified atom stereocenters. The lowest BCUT2D eigenvalue weighted by atomic mass is 9.93. The summed E-state index contributed by atoms with van der Waals surface area (Å²) in [7, 11) is 3.86. The maximum Gasteiger partial charge on any atom is 0.254 e. The van der Waals surface area contributed by atoms with Crippen LogP contribution in [0.4, 0.5) is 5.95 Å². The zero-order valence-electron chi connectivity index (χ0n) is 19.6. The number of nitrogens with zero attached hydrogens (tertiary/aromatic N) is 5. The summed E-state index contributed by atoms with van der Waals surface area (Å²) in [5.74, 6) is 0.675. The van der Waals surface area contributed by atoms with E-state index in [2.05, 4.69) is 9.97 Å². The lowest BCUT2D eigenvalue weighted by molar-refractivity contribution is 0.0606. The molecule has 33 heavy (non-hydrogen) atoms. The van der Waals surface area contributed by atoms with Gasteiger partial charge in [-0.3, -0.25) is 9.78 Å². The molecule has 7 heteroatoms. The number of likely N-dealkylation sites (tertiary alicyclic amines) is 1. The second kappa shape index (κ2) is 10.5. The van der Waals surface area contributed by atoms with Gasteiger partial charge in [0.05, 0.1) is 18.3 Å². The molecule has 0 aliphatic carbocycles. The molecule has 0 bridgehead atoms. The van der Waals surface area contributed by atoms with Crippen LogP contribution in [0.15, 0.2) is 55.0 Å². The number of pyridine rings is 1. The average Bonchev–Trinajstić information content (AvgIpc) is 2.87. The number of amides is 1. The van der Waals surface area contributed by atoms with Crippen molar-refractivity contribution >= 4 is 11.9 Å². The molecule has 3 aromatic rings. The van der Waals surface area contributed by atoms with Gasteiger partial charge in [0.2, 0.25) is 5.95 Å². The molecule has 0 saturated carbocycles. The molecule has 7 nitrogen and oxygen atoms in total. The Balaban J connectivity index is 1.69. The van der Waals surface area contributed by atoms with Crippen LogP contribution in [0.2, 0.25) is 0 Å². The first-order chi connectivity index (χ1) is 16.1. The molecule has 0 N–H and O–H groups in total. The normalized spacial score (nSPS) is 16.0. The third-order valence-electron chi connectivity index (χ3n) is 5.95. The molecule has 1 fully saturated rings. The lowest BCUT2D eigenvalue weighted by Crippen LogP contribution is -2.39. The molecule has 1 atom stereocenters. The van der Waals surface area contributed by atoms with Crippen LogP contribution in [0, 0.1) is 0 Å². The Morgan fingerprint density at radius 1 is 1.12 bits per heavy atom. The number of hydrogen-bond donors (Lipinski definition) is 0. The number of aromatic nitrogens is 3. The van der Waals surface area contributed by atoms with Crippen LogP contribution in [0.3, 0.4) is 0 Å². The van der Waals surface area contributed by atoms with Gasteiger partial charge >= 0.3 is 0 Å². The monoisotopic (exact) mass is 445 g/mol. The third-order valence-corrected chi connectivity index (χ3v) is 5.95. The molecule has 4 rings (SSSR count). The number of hydrogen-bond acceptors (Lipinski definition) is 6. The Morgan fingerprint density at radius 3 is 2.58 bits per heavy atom. The highest BCUT2D eigenvalue weighted by atomic mass is 16.5. The van der Waals surface area contributed by atoms with Crippen LogP contribution in [0.5, 0.6) is 0 Å². The summed E-state index contributed by atoms with van der Waals surface area (Å²) in [5, 5.41) is 0. The van der Waals surface area contributed by atoms with Gasteiger partial charge in [0.25, 0.3) is 5.91 Å². The van der Waals surface area contributed by atoms with Crippen molar-refractivity contribution in [2.45, 2.75) is 38.8 Å². The summed E-state index contributed by atoms with van der Waals surface area (Å²) < 4.78 is 5.48. The van der Waals surface area contributed by atoms with Gasteiger partial charge < -0.3 is 14.5 Å². The van der Waals surface area contributed by atoms with E-state index >= 15 is 0 Å². The maximum absolute atomic E-state index is 13.6. The Hall–Kier alpha value is -3.32. The minimum absolute atomic E-state index is 0.0355. The minimum Gasteiger partial charge on any atom is -0.377 e. The van der Waals surface area contributed by atoms with E-state index in [0.717, 1.165) is 41.6 Å². The molecule has 0 spiro atoms. The molecule has 1 saturated heterocycles. The van der Waals surface area contributed by atoms with E-state index in [1.807, 2.05) is 73.4 Å². The fraction of sp³-hybridized carbons (Fsp3) is 0.385. The topological polar surface area (TPSA) is 71.5 Å². The lowest BCUT2D eigenvalue weighted by Gasteiger charge is -2.36.